The van der Waals surface area contributed by atoms with Crippen molar-refractivity contribution in [2.75, 3.05) is 26.0 Å². The lowest BCUT2D eigenvalue weighted by Crippen LogP contribution is -2.23. The smallest absolute Gasteiger partial charge is 0.339 e. The summed E-state index contributed by atoms with van der Waals surface area (Å²) >= 11 is 0. The molecule has 28 heavy (non-hydrogen) atoms. The van der Waals surface area contributed by atoms with E-state index in [4.69, 9.17) is 4.74 Å². The summed E-state index contributed by atoms with van der Waals surface area (Å²) < 4.78 is 32.3. The van der Waals surface area contributed by atoms with E-state index in [1.807, 2.05) is 0 Å². The zero-order chi connectivity index (χ0) is 21.1. The van der Waals surface area contributed by atoms with Crippen LogP contribution in [0.25, 0.3) is 0 Å². The average Bonchev–Trinajstić information content (AvgIpc) is 2.90. The quantitative estimate of drug-likeness (QED) is 0.710. The Balaban J connectivity index is 2.19. The molecular weight excluding hydrogens is 382 g/mol. The maximum Gasteiger partial charge on any atom is 0.339 e. The van der Waals surface area contributed by atoms with Crippen LogP contribution in [-0.2, 0) is 26.1 Å². The van der Waals surface area contributed by atoms with Gasteiger partial charge in [-0.05, 0) is 45.0 Å². The van der Waals surface area contributed by atoms with Gasteiger partial charge in [0, 0.05) is 31.2 Å². The Kier molecular flexibility index (Phi) is 6.63. The second kappa shape index (κ2) is 8.57. The van der Waals surface area contributed by atoms with Crippen molar-refractivity contribution in [1.82, 2.24) is 8.87 Å². The normalized spacial score (nSPS) is 11.5. The van der Waals surface area contributed by atoms with Crippen molar-refractivity contribution in [3.8, 4) is 0 Å². The lowest BCUT2D eigenvalue weighted by Gasteiger charge is -2.13. The third kappa shape index (κ3) is 4.60. The number of amides is 1. The Hall–Kier alpha value is -2.65. The maximum atomic E-state index is 12.5. The molecule has 1 aromatic heterocycles. The SMILES string of the molecule is CCOC(=O)c1cc(C)n(CC(=O)Nc2cccc(S(=O)(=O)N(C)C)c2)c1C. The van der Waals surface area contributed by atoms with Gasteiger partial charge in [-0.2, -0.15) is 0 Å². The summed E-state index contributed by atoms with van der Waals surface area (Å²) in [6, 6.07) is 7.75. The first kappa shape index (κ1) is 21.6. The standard InChI is InChI=1S/C19H25N3O5S/c1-6-27-19(24)17-10-13(2)22(14(17)3)12-18(23)20-15-8-7-9-16(11-15)28(25,26)21(4)5/h7-11H,6,12H2,1-5H3,(H,20,23). The number of ether oxygens (including phenoxy) is 1. The van der Waals surface area contributed by atoms with E-state index >= 15 is 0 Å². The number of carbonyl (C=O) groups excluding carboxylic acids is 2. The maximum absolute atomic E-state index is 12.5. The van der Waals surface area contributed by atoms with Crippen LogP contribution in [0, 0.1) is 13.8 Å². The topological polar surface area (TPSA) is 97.7 Å². The van der Waals surface area contributed by atoms with Gasteiger partial charge >= 0.3 is 5.97 Å². The van der Waals surface area contributed by atoms with Crippen molar-refractivity contribution < 1.29 is 22.7 Å². The molecule has 1 aromatic carbocycles. The minimum atomic E-state index is -3.59. The number of benzene rings is 1. The Morgan fingerprint density at radius 3 is 2.46 bits per heavy atom. The minimum Gasteiger partial charge on any atom is -0.462 e. The predicted octanol–water partition coefficient (Wildman–Crippen LogP) is 2.17. The second-order valence-electron chi connectivity index (χ2n) is 6.45. The summed E-state index contributed by atoms with van der Waals surface area (Å²) in [5.74, 6) is -0.763. The minimum absolute atomic E-state index is 0.0122. The second-order valence-corrected chi connectivity index (χ2v) is 8.61. The van der Waals surface area contributed by atoms with Crippen LogP contribution in [0.4, 0.5) is 5.69 Å². The molecular formula is C19H25N3O5S. The van der Waals surface area contributed by atoms with Gasteiger partial charge in [-0.1, -0.05) is 6.07 Å². The first-order chi connectivity index (χ1) is 13.1. The highest BCUT2D eigenvalue weighted by Gasteiger charge is 2.19. The lowest BCUT2D eigenvalue weighted by molar-refractivity contribution is -0.116. The average molecular weight is 407 g/mol. The molecule has 0 aliphatic rings. The summed E-state index contributed by atoms with van der Waals surface area (Å²) in [5.41, 5.74) is 2.18. The molecule has 152 valence electrons. The van der Waals surface area contributed by atoms with Gasteiger partial charge in [-0.15, -0.1) is 0 Å². The number of nitrogens with one attached hydrogen (secondary N) is 1. The monoisotopic (exact) mass is 407 g/mol. The number of hydrogen-bond acceptors (Lipinski definition) is 5. The molecule has 1 amide bonds. The molecule has 0 aliphatic heterocycles. The van der Waals surface area contributed by atoms with Crippen LogP contribution in [-0.4, -0.2) is 49.9 Å². The molecule has 8 nitrogen and oxygen atoms in total. The molecule has 0 bridgehead atoms. The van der Waals surface area contributed by atoms with Crippen molar-refractivity contribution >= 4 is 27.6 Å². The molecule has 0 aliphatic carbocycles. The summed E-state index contributed by atoms with van der Waals surface area (Å²) in [7, 11) is -0.706. The highest BCUT2D eigenvalue weighted by Crippen LogP contribution is 2.19. The van der Waals surface area contributed by atoms with Crippen LogP contribution in [0.15, 0.2) is 35.2 Å². The van der Waals surface area contributed by atoms with E-state index in [-0.39, 0.29) is 24.0 Å². The fourth-order valence-corrected chi connectivity index (χ4v) is 3.70. The van der Waals surface area contributed by atoms with Crippen LogP contribution < -0.4 is 5.32 Å². The number of anilines is 1. The highest BCUT2D eigenvalue weighted by molar-refractivity contribution is 7.89. The van der Waals surface area contributed by atoms with Crippen LogP contribution >= 0.6 is 0 Å². The fraction of sp³-hybridized carbons (Fsp3) is 0.368. The van der Waals surface area contributed by atoms with Crippen molar-refractivity contribution in [3.63, 3.8) is 0 Å². The van der Waals surface area contributed by atoms with E-state index in [1.165, 1.54) is 26.2 Å². The molecule has 9 heteroatoms. The molecule has 0 saturated heterocycles. The Bertz CT molecular complexity index is 993. The number of sulfonamides is 1. The largest absolute Gasteiger partial charge is 0.462 e. The molecule has 0 spiro atoms. The van der Waals surface area contributed by atoms with Gasteiger partial charge < -0.3 is 14.6 Å². The van der Waals surface area contributed by atoms with Crippen molar-refractivity contribution in [1.29, 1.82) is 0 Å². The number of esters is 1. The van der Waals surface area contributed by atoms with Crippen LogP contribution in [0.5, 0.6) is 0 Å². The van der Waals surface area contributed by atoms with Crippen LogP contribution in [0.2, 0.25) is 0 Å². The number of nitrogens with zero attached hydrogens (tertiary/aromatic N) is 2. The fourth-order valence-electron chi connectivity index (χ4n) is 2.75. The Labute approximate surface area is 165 Å². The van der Waals surface area contributed by atoms with E-state index in [9.17, 15) is 18.0 Å². The van der Waals surface area contributed by atoms with E-state index in [0.717, 1.165) is 10.00 Å². The number of aromatic nitrogens is 1. The zero-order valence-corrected chi connectivity index (χ0v) is 17.5. The first-order valence-corrected chi connectivity index (χ1v) is 10.2. The first-order valence-electron chi connectivity index (χ1n) is 8.74. The van der Waals surface area contributed by atoms with Gasteiger partial charge in [0.25, 0.3) is 0 Å². The molecule has 0 saturated carbocycles. The van der Waals surface area contributed by atoms with E-state index in [0.29, 0.717) is 16.9 Å². The zero-order valence-electron chi connectivity index (χ0n) is 16.6. The van der Waals surface area contributed by atoms with Crippen molar-refractivity contribution in [2.24, 2.45) is 0 Å². The Morgan fingerprint density at radius 2 is 1.86 bits per heavy atom. The van der Waals surface area contributed by atoms with E-state index < -0.39 is 16.0 Å². The van der Waals surface area contributed by atoms with Crippen molar-refractivity contribution in [2.45, 2.75) is 32.2 Å². The highest BCUT2D eigenvalue weighted by atomic mass is 32.2. The third-order valence-electron chi connectivity index (χ3n) is 4.27. The summed E-state index contributed by atoms with van der Waals surface area (Å²) in [4.78, 5) is 24.6. The number of carbonyl (C=O) groups is 2. The van der Waals surface area contributed by atoms with Gasteiger partial charge in [0.1, 0.15) is 6.54 Å². The van der Waals surface area contributed by atoms with E-state index in [1.54, 1.807) is 43.5 Å². The number of rotatable bonds is 7. The molecule has 2 aromatic rings. The summed E-state index contributed by atoms with van der Waals surface area (Å²) in [5, 5.41) is 2.70. The Morgan fingerprint density at radius 1 is 1.18 bits per heavy atom. The van der Waals surface area contributed by atoms with Crippen LogP contribution in [0.1, 0.15) is 28.7 Å². The van der Waals surface area contributed by atoms with Gasteiger partial charge in [0.05, 0.1) is 17.1 Å². The summed E-state index contributed by atoms with van der Waals surface area (Å²) in [6.07, 6.45) is 0. The van der Waals surface area contributed by atoms with Gasteiger partial charge in [0.2, 0.25) is 15.9 Å². The van der Waals surface area contributed by atoms with Crippen molar-refractivity contribution in [3.05, 3.63) is 47.3 Å². The molecule has 1 heterocycles. The molecule has 0 atom stereocenters. The third-order valence-corrected chi connectivity index (χ3v) is 6.08. The number of aryl methyl sites for hydroxylation is 1. The lowest BCUT2D eigenvalue weighted by atomic mass is 10.2. The molecule has 0 fully saturated rings. The van der Waals surface area contributed by atoms with E-state index in [2.05, 4.69) is 5.32 Å². The van der Waals surface area contributed by atoms with Gasteiger partial charge in [-0.25, -0.2) is 17.5 Å². The summed E-state index contributed by atoms with van der Waals surface area (Å²) in [6.45, 7) is 5.54. The van der Waals surface area contributed by atoms with Gasteiger partial charge in [-0.3, -0.25) is 4.79 Å². The number of hydrogen-bond donors (Lipinski definition) is 1. The van der Waals surface area contributed by atoms with Gasteiger partial charge in [0.15, 0.2) is 0 Å². The van der Waals surface area contributed by atoms with Crippen LogP contribution in [0.3, 0.4) is 0 Å². The molecule has 0 unspecified atom stereocenters. The molecule has 2 rings (SSSR count). The molecule has 1 N–H and O–H groups in total. The molecule has 0 radical (unpaired) electrons. The predicted molar refractivity (Wildman–Crippen MR) is 106 cm³/mol.